The zero-order chi connectivity index (χ0) is 29.8. The summed E-state index contributed by atoms with van der Waals surface area (Å²) in [6.45, 7) is -0.719. The van der Waals surface area contributed by atoms with Crippen LogP contribution >= 0.6 is 0 Å². The quantitative estimate of drug-likeness (QED) is 0.0910. The highest BCUT2D eigenvalue weighted by Crippen LogP contribution is 2.34. The van der Waals surface area contributed by atoms with Gasteiger partial charge in [-0.05, 0) is 6.42 Å². The van der Waals surface area contributed by atoms with Gasteiger partial charge in [-0.25, -0.2) is 14.7 Å². The SMILES string of the molecule is Nc1nc2c(ncn2[C@H]2CC(CNS(=O)(=O)NC[C@H]3O[C@@H](n4cnc5c(=O)[nH]c(N)nc54)C[C@@H]3O)[C@@H](CO)O2)c(=O)[nH]1. The average Bonchev–Trinajstić information content (AvgIpc) is 3.70. The third kappa shape index (κ3) is 5.21. The van der Waals surface area contributed by atoms with Crippen molar-refractivity contribution in [2.24, 2.45) is 5.92 Å². The van der Waals surface area contributed by atoms with Crippen molar-refractivity contribution in [2.75, 3.05) is 31.2 Å². The lowest BCUT2D eigenvalue weighted by Gasteiger charge is -2.19. The zero-order valence-electron chi connectivity index (χ0n) is 21.7. The van der Waals surface area contributed by atoms with E-state index in [4.69, 9.17) is 20.9 Å². The van der Waals surface area contributed by atoms with E-state index in [1.54, 1.807) is 0 Å². The average molecular weight is 609 g/mol. The summed E-state index contributed by atoms with van der Waals surface area (Å²) < 4.78 is 45.0. The lowest BCUT2D eigenvalue weighted by Crippen LogP contribution is -2.45. The van der Waals surface area contributed by atoms with Crippen molar-refractivity contribution in [3.8, 4) is 0 Å². The highest BCUT2D eigenvalue weighted by atomic mass is 32.2. The number of nitrogens with zero attached hydrogens (tertiary/aromatic N) is 6. The molecule has 0 radical (unpaired) electrons. The normalized spacial score (nSPS) is 26.5. The molecule has 0 spiro atoms. The number of hydrogen-bond acceptors (Lipinski definition) is 14. The Kier molecular flexibility index (Phi) is 7.16. The molecule has 0 saturated carbocycles. The van der Waals surface area contributed by atoms with Crippen LogP contribution in [0.5, 0.6) is 0 Å². The fourth-order valence-corrected chi connectivity index (χ4v) is 6.12. The summed E-state index contributed by atoms with van der Waals surface area (Å²) in [5, 5.41) is 20.4. The zero-order valence-corrected chi connectivity index (χ0v) is 22.6. The second-order valence-corrected chi connectivity index (χ2v) is 11.6. The van der Waals surface area contributed by atoms with Crippen molar-refractivity contribution in [3.05, 3.63) is 33.4 Å². The molecule has 0 aromatic carbocycles. The van der Waals surface area contributed by atoms with Gasteiger partial charge in [0.1, 0.15) is 12.5 Å². The Morgan fingerprint density at radius 1 is 0.905 bits per heavy atom. The van der Waals surface area contributed by atoms with E-state index in [1.165, 1.54) is 21.8 Å². The van der Waals surface area contributed by atoms with E-state index in [0.29, 0.717) is 0 Å². The first-order valence-corrected chi connectivity index (χ1v) is 14.3. The van der Waals surface area contributed by atoms with Gasteiger partial charge >= 0.3 is 0 Å². The molecule has 6 heterocycles. The van der Waals surface area contributed by atoms with Crippen LogP contribution in [0.1, 0.15) is 25.3 Å². The molecule has 21 heteroatoms. The molecule has 1 unspecified atom stereocenters. The number of aliphatic hydroxyl groups excluding tert-OH is 2. The molecule has 6 rings (SSSR count). The number of aromatic nitrogens is 8. The molecule has 0 aliphatic carbocycles. The number of nitrogens with one attached hydrogen (secondary N) is 4. The molecule has 0 bridgehead atoms. The Labute approximate surface area is 235 Å². The molecule has 2 saturated heterocycles. The molecule has 2 aliphatic heterocycles. The number of H-pyrrole nitrogens is 2. The molecule has 226 valence electrons. The Hall–Kier alpha value is -3.99. The van der Waals surface area contributed by atoms with Crippen LogP contribution in [0.4, 0.5) is 11.9 Å². The molecule has 2 fully saturated rings. The van der Waals surface area contributed by atoms with Crippen molar-refractivity contribution >= 4 is 44.4 Å². The van der Waals surface area contributed by atoms with Gasteiger partial charge in [0.05, 0.1) is 37.6 Å². The maximum atomic E-state index is 12.7. The van der Waals surface area contributed by atoms with Gasteiger partial charge in [0.25, 0.3) is 21.3 Å². The predicted molar refractivity (Wildman–Crippen MR) is 144 cm³/mol. The van der Waals surface area contributed by atoms with E-state index in [0.717, 1.165) is 0 Å². The van der Waals surface area contributed by atoms with Crippen LogP contribution in [0.15, 0.2) is 22.2 Å². The first-order valence-electron chi connectivity index (χ1n) is 12.8. The van der Waals surface area contributed by atoms with Gasteiger partial charge < -0.3 is 31.2 Å². The number of imidazole rings is 2. The fourth-order valence-electron chi connectivity index (χ4n) is 5.20. The van der Waals surface area contributed by atoms with Gasteiger partial charge in [0, 0.05) is 25.4 Å². The summed E-state index contributed by atoms with van der Waals surface area (Å²) in [5.41, 5.74) is 10.7. The Bertz CT molecular complexity index is 1850. The minimum absolute atomic E-state index is 0.0465. The molecule has 0 amide bonds. The number of ether oxygens (including phenoxy) is 2. The monoisotopic (exact) mass is 608 g/mol. The number of nitrogens with two attached hydrogens (primary N) is 2. The van der Waals surface area contributed by atoms with E-state index in [1.807, 2.05) is 0 Å². The third-order valence-corrected chi connectivity index (χ3v) is 8.37. The summed E-state index contributed by atoms with van der Waals surface area (Å²) in [4.78, 5) is 45.1. The van der Waals surface area contributed by atoms with Crippen molar-refractivity contribution < 1.29 is 28.1 Å². The third-order valence-electron chi connectivity index (χ3n) is 7.28. The van der Waals surface area contributed by atoms with Crippen molar-refractivity contribution in [1.29, 1.82) is 0 Å². The number of anilines is 2. The fraction of sp³-hybridized carbons (Fsp3) is 0.524. The summed E-state index contributed by atoms with van der Waals surface area (Å²) in [5.74, 6) is -0.650. The number of aromatic amines is 2. The highest BCUT2D eigenvalue weighted by Gasteiger charge is 2.39. The maximum Gasteiger partial charge on any atom is 0.280 e. The van der Waals surface area contributed by atoms with Gasteiger partial charge in [-0.1, -0.05) is 0 Å². The molecule has 4 aromatic heterocycles. The number of fused-ring (bicyclic) bond motifs is 2. The molecule has 10 N–H and O–H groups in total. The summed E-state index contributed by atoms with van der Waals surface area (Å²) in [7, 11) is -4.06. The van der Waals surface area contributed by atoms with Gasteiger partial charge in [0.15, 0.2) is 22.3 Å². The van der Waals surface area contributed by atoms with E-state index in [2.05, 4.69) is 39.3 Å². The Morgan fingerprint density at radius 3 is 2.00 bits per heavy atom. The summed E-state index contributed by atoms with van der Waals surface area (Å²) in [6.07, 6.45) is -1.02. The van der Waals surface area contributed by atoms with Crippen molar-refractivity contribution in [2.45, 2.75) is 43.6 Å². The lowest BCUT2D eigenvalue weighted by molar-refractivity contribution is -0.0286. The predicted octanol–water partition coefficient (Wildman–Crippen LogP) is -3.61. The number of hydrogen-bond donors (Lipinski definition) is 8. The topological polar surface area (TPSA) is 296 Å². The van der Waals surface area contributed by atoms with Gasteiger partial charge in [-0.15, -0.1) is 0 Å². The second kappa shape index (κ2) is 10.7. The molecule has 4 aromatic rings. The summed E-state index contributed by atoms with van der Waals surface area (Å²) in [6, 6.07) is 0. The van der Waals surface area contributed by atoms with Crippen LogP contribution in [0.3, 0.4) is 0 Å². The van der Waals surface area contributed by atoms with Crippen LogP contribution in [0.25, 0.3) is 22.3 Å². The molecular formula is C21H28N12O8S. The largest absolute Gasteiger partial charge is 0.394 e. The first-order chi connectivity index (χ1) is 20.0. The van der Waals surface area contributed by atoms with Crippen molar-refractivity contribution in [1.82, 2.24) is 48.5 Å². The maximum absolute atomic E-state index is 12.7. The van der Waals surface area contributed by atoms with Gasteiger partial charge in [-0.2, -0.15) is 23.1 Å². The lowest BCUT2D eigenvalue weighted by atomic mass is 10.0. The highest BCUT2D eigenvalue weighted by molar-refractivity contribution is 7.87. The van der Waals surface area contributed by atoms with E-state index in [9.17, 15) is 28.2 Å². The van der Waals surface area contributed by atoms with Gasteiger partial charge in [-0.3, -0.25) is 28.7 Å². The molecule has 2 aliphatic rings. The van der Waals surface area contributed by atoms with Crippen LogP contribution in [0, 0.1) is 5.92 Å². The molecule has 20 nitrogen and oxygen atoms in total. The molecule has 42 heavy (non-hydrogen) atoms. The second-order valence-electron chi connectivity index (χ2n) is 9.99. The smallest absolute Gasteiger partial charge is 0.280 e. The van der Waals surface area contributed by atoms with Crippen molar-refractivity contribution in [3.63, 3.8) is 0 Å². The first kappa shape index (κ1) is 28.1. The Balaban J connectivity index is 1.07. The van der Waals surface area contributed by atoms with Crippen LogP contribution in [-0.2, 0) is 19.7 Å². The van der Waals surface area contributed by atoms with Crippen LogP contribution < -0.4 is 32.0 Å². The summed E-state index contributed by atoms with van der Waals surface area (Å²) >= 11 is 0. The molecular weight excluding hydrogens is 580 g/mol. The van der Waals surface area contributed by atoms with Crippen LogP contribution in [0.2, 0.25) is 0 Å². The van der Waals surface area contributed by atoms with E-state index in [-0.39, 0.29) is 66.8 Å². The van der Waals surface area contributed by atoms with Crippen LogP contribution in [-0.4, -0.2) is 95.7 Å². The number of nitrogen functional groups attached to an aromatic ring is 2. The minimum Gasteiger partial charge on any atom is -0.394 e. The van der Waals surface area contributed by atoms with Gasteiger partial charge in [0.2, 0.25) is 11.9 Å². The number of aliphatic hydroxyl groups is 2. The number of rotatable bonds is 9. The van der Waals surface area contributed by atoms with E-state index >= 15 is 0 Å². The Morgan fingerprint density at radius 2 is 1.43 bits per heavy atom. The van der Waals surface area contributed by atoms with E-state index < -0.39 is 58.0 Å². The molecule has 6 atom stereocenters. The standard InChI is InChI=1S/C21H28N12O8S/c22-20-28-16-14(18(36)30-20)24-6-32(16)12-1-8(11(5-34)41-12)3-26-42(38,39)27-4-10-9(35)2-13(40-10)33-7-25-15-17(33)29-21(23)31-19(15)37/h6-13,26-27,34-35H,1-5H2,(H3,22,28,30,36)(H3,23,29,31,37)/t8?,9-,10+,11+,12+,13+/m0/s1. The minimum atomic E-state index is -4.06.